The highest BCUT2D eigenvalue weighted by atomic mass is 19.4. The van der Waals surface area contributed by atoms with Gasteiger partial charge in [-0.25, -0.2) is 0 Å². The van der Waals surface area contributed by atoms with Crippen LogP contribution in [-0.4, -0.2) is 16.6 Å². The van der Waals surface area contributed by atoms with Crippen molar-refractivity contribution in [2.45, 2.75) is 12.1 Å². The van der Waals surface area contributed by atoms with Crippen molar-refractivity contribution in [1.82, 2.24) is 0 Å². The summed E-state index contributed by atoms with van der Waals surface area (Å²) in [7, 11) is 0. The molecule has 0 aromatic heterocycles. The molecule has 0 saturated heterocycles. The number of nitrogens with zero attached hydrogens (tertiary/aromatic N) is 1. The van der Waals surface area contributed by atoms with Crippen molar-refractivity contribution < 1.29 is 32.0 Å². The molecule has 0 spiro atoms. The molecule has 0 fully saturated rings. The molecule has 0 aliphatic rings. The van der Waals surface area contributed by atoms with Crippen LogP contribution in [0.2, 0.25) is 0 Å². The Labute approximate surface area is 96.8 Å². The van der Waals surface area contributed by atoms with Crippen LogP contribution < -0.4 is 0 Å². The summed E-state index contributed by atoms with van der Waals surface area (Å²) in [5, 5.41) is 18.7. The summed E-state index contributed by atoms with van der Waals surface area (Å²) in [5.74, 6) is -3.98. The lowest BCUT2D eigenvalue weighted by atomic mass is 10.0. The fourth-order valence-corrected chi connectivity index (χ4v) is 1.18. The fraction of sp³-hybridized carbons (Fsp3) is 0.333. The van der Waals surface area contributed by atoms with E-state index in [1.807, 2.05) is 0 Å². The summed E-state index contributed by atoms with van der Waals surface area (Å²) < 4.78 is 63.2. The molecule has 1 aromatic carbocycles. The molecule has 9 heteroatoms. The molecule has 0 heterocycles. The van der Waals surface area contributed by atoms with Gasteiger partial charge < -0.3 is 5.11 Å². The van der Waals surface area contributed by atoms with Crippen molar-refractivity contribution in [2.75, 3.05) is 6.61 Å². The second kappa shape index (κ2) is 4.48. The normalized spacial score (nSPS) is 12.6. The summed E-state index contributed by atoms with van der Waals surface area (Å²) in [6.07, 6.45) is -4.99. The predicted molar refractivity (Wildman–Crippen MR) is 49.1 cm³/mol. The molecule has 0 saturated carbocycles. The second-order valence-electron chi connectivity index (χ2n) is 3.39. The highest BCUT2D eigenvalue weighted by Gasteiger charge is 2.38. The van der Waals surface area contributed by atoms with Crippen LogP contribution in [0.5, 0.6) is 0 Å². The van der Waals surface area contributed by atoms with Gasteiger partial charge in [-0.2, -0.15) is 22.0 Å². The van der Waals surface area contributed by atoms with Crippen LogP contribution >= 0.6 is 0 Å². The van der Waals surface area contributed by atoms with E-state index in [4.69, 9.17) is 5.11 Å². The van der Waals surface area contributed by atoms with E-state index in [0.29, 0.717) is 6.07 Å². The number of aliphatic hydroxyl groups is 1. The molecular weight excluding hydrogens is 265 g/mol. The Hall–Kier alpha value is -1.77. The van der Waals surface area contributed by atoms with Crippen molar-refractivity contribution in [1.29, 1.82) is 0 Å². The summed E-state index contributed by atoms with van der Waals surface area (Å²) in [4.78, 5) is 9.16. The Morgan fingerprint density at radius 2 is 1.61 bits per heavy atom. The van der Waals surface area contributed by atoms with Crippen LogP contribution in [0.4, 0.5) is 27.6 Å². The topological polar surface area (TPSA) is 63.4 Å². The van der Waals surface area contributed by atoms with E-state index in [2.05, 4.69) is 0 Å². The molecule has 0 radical (unpaired) electrons. The molecule has 100 valence electrons. The van der Waals surface area contributed by atoms with Gasteiger partial charge in [0.1, 0.15) is 6.61 Å². The van der Waals surface area contributed by atoms with Gasteiger partial charge in [0.25, 0.3) is 11.6 Å². The van der Waals surface area contributed by atoms with Gasteiger partial charge in [0, 0.05) is 17.7 Å². The highest BCUT2D eigenvalue weighted by molar-refractivity contribution is 5.42. The van der Waals surface area contributed by atoms with Crippen molar-refractivity contribution in [3.63, 3.8) is 0 Å². The first-order chi connectivity index (χ1) is 8.08. The van der Waals surface area contributed by atoms with Crippen molar-refractivity contribution >= 4 is 5.69 Å². The molecule has 0 unspecified atom stereocenters. The van der Waals surface area contributed by atoms with E-state index in [-0.39, 0.29) is 12.1 Å². The molecule has 0 aliphatic heterocycles. The zero-order valence-corrected chi connectivity index (χ0v) is 8.54. The third-order valence-corrected chi connectivity index (χ3v) is 2.08. The SMILES string of the molecule is O=[N+]([O-])c1cc(C(F)(F)F)cc(C(F)(F)CO)c1. The fourth-order valence-electron chi connectivity index (χ4n) is 1.18. The van der Waals surface area contributed by atoms with E-state index in [0.717, 1.165) is 0 Å². The summed E-state index contributed by atoms with van der Waals surface area (Å²) in [6.45, 7) is -1.74. The van der Waals surface area contributed by atoms with Crippen LogP contribution in [0.25, 0.3) is 0 Å². The number of nitro benzene ring substituents is 1. The maximum atomic E-state index is 13.1. The lowest BCUT2D eigenvalue weighted by molar-refractivity contribution is -0.385. The molecule has 4 nitrogen and oxygen atoms in total. The van der Waals surface area contributed by atoms with Gasteiger partial charge in [-0.1, -0.05) is 0 Å². The zero-order valence-electron chi connectivity index (χ0n) is 8.54. The minimum atomic E-state index is -4.99. The van der Waals surface area contributed by atoms with Gasteiger partial charge >= 0.3 is 6.18 Å². The summed E-state index contributed by atoms with van der Waals surface area (Å²) >= 11 is 0. The standard InChI is InChI=1S/C9H6F5NO3/c10-8(11,4-16)5-1-6(9(12,13)14)3-7(2-5)15(17)18/h1-3,16H,4H2. The number of alkyl halides is 5. The number of hydrogen-bond acceptors (Lipinski definition) is 3. The number of halogens is 5. The molecule has 0 amide bonds. The summed E-state index contributed by atoms with van der Waals surface area (Å²) in [6, 6.07) is 0.519. The second-order valence-corrected chi connectivity index (χ2v) is 3.39. The van der Waals surface area contributed by atoms with Gasteiger partial charge in [-0.15, -0.1) is 0 Å². The number of benzene rings is 1. The van der Waals surface area contributed by atoms with Crippen LogP contribution in [0.1, 0.15) is 11.1 Å². The zero-order chi connectivity index (χ0) is 14.1. The minimum Gasteiger partial charge on any atom is -0.390 e. The van der Waals surface area contributed by atoms with E-state index >= 15 is 0 Å². The molecular formula is C9H6F5NO3. The number of hydrogen-bond donors (Lipinski definition) is 1. The first kappa shape index (κ1) is 14.3. The van der Waals surface area contributed by atoms with Crippen molar-refractivity contribution in [2.24, 2.45) is 0 Å². The Kier molecular flexibility index (Phi) is 3.56. The van der Waals surface area contributed by atoms with Crippen LogP contribution in [-0.2, 0) is 12.1 Å². The Morgan fingerprint density at radius 3 is 2.00 bits per heavy atom. The number of non-ortho nitro benzene ring substituents is 1. The number of rotatable bonds is 3. The number of aliphatic hydroxyl groups excluding tert-OH is 1. The molecule has 1 aromatic rings. The van der Waals surface area contributed by atoms with Crippen LogP contribution in [0.15, 0.2) is 18.2 Å². The molecule has 0 aliphatic carbocycles. The highest BCUT2D eigenvalue weighted by Crippen LogP contribution is 2.37. The Morgan fingerprint density at radius 1 is 1.11 bits per heavy atom. The maximum absolute atomic E-state index is 13.1. The third kappa shape index (κ3) is 2.92. The molecule has 18 heavy (non-hydrogen) atoms. The Bertz CT molecular complexity index is 472. The first-order valence-corrected chi connectivity index (χ1v) is 4.44. The van der Waals surface area contributed by atoms with E-state index in [9.17, 15) is 32.1 Å². The Balaban J connectivity index is 3.46. The lowest BCUT2D eigenvalue weighted by Gasteiger charge is -2.15. The van der Waals surface area contributed by atoms with Gasteiger partial charge in [-0.3, -0.25) is 10.1 Å². The number of nitro groups is 1. The molecule has 1 rings (SSSR count). The molecule has 0 atom stereocenters. The van der Waals surface area contributed by atoms with Gasteiger partial charge in [0.05, 0.1) is 10.5 Å². The lowest BCUT2D eigenvalue weighted by Crippen LogP contribution is -2.20. The maximum Gasteiger partial charge on any atom is 0.416 e. The van der Waals surface area contributed by atoms with Crippen LogP contribution in [0, 0.1) is 10.1 Å². The van der Waals surface area contributed by atoms with E-state index < -0.39 is 40.4 Å². The molecule has 1 N–H and O–H groups in total. The van der Waals surface area contributed by atoms with Gasteiger partial charge in [0.15, 0.2) is 0 Å². The largest absolute Gasteiger partial charge is 0.416 e. The van der Waals surface area contributed by atoms with Gasteiger partial charge in [-0.05, 0) is 6.07 Å². The van der Waals surface area contributed by atoms with E-state index in [1.165, 1.54) is 0 Å². The summed E-state index contributed by atoms with van der Waals surface area (Å²) in [5.41, 5.74) is -3.95. The van der Waals surface area contributed by atoms with Crippen molar-refractivity contribution in [3.8, 4) is 0 Å². The third-order valence-electron chi connectivity index (χ3n) is 2.08. The van der Waals surface area contributed by atoms with Crippen LogP contribution in [0.3, 0.4) is 0 Å². The smallest absolute Gasteiger partial charge is 0.390 e. The average Bonchev–Trinajstić information content (AvgIpc) is 2.27. The van der Waals surface area contributed by atoms with E-state index in [1.54, 1.807) is 0 Å². The minimum absolute atomic E-state index is 0.0726. The monoisotopic (exact) mass is 271 g/mol. The van der Waals surface area contributed by atoms with Crippen molar-refractivity contribution in [3.05, 3.63) is 39.4 Å². The first-order valence-electron chi connectivity index (χ1n) is 4.44. The molecule has 0 bridgehead atoms. The quantitative estimate of drug-likeness (QED) is 0.522. The average molecular weight is 271 g/mol. The van der Waals surface area contributed by atoms with Gasteiger partial charge in [0.2, 0.25) is 0 Å². The predicted octanol–water partition coefficient (Wildman–Crippen LogP) is 2.70.